The van der Waals surface area contributed by atoms with Gasteiger partial charge in [-0.1, -0.05) is 0 Å². The van der Waals surface area contributed by atoms with E-state index in [2.05, 4.69) is 25.8 Å². The largest absolute Gasteiger partial charge is 0.345 e. The fourth-order valence-electron chi connectivity index (χ4n) is 1.34. The Bertz CT molecular complexity index is 533. The Balaban J connectivity index is 1.94. The third-order valence-electron chi connectivity index (χ3n) is 2.23. The van der Waals surface area contributed by atoms with Crippen molar-refractivity contribution in [3.63, 3.8) is 0 Å². The van der Waals surface area contributed by atoms with Gasteiger partial charge in [-0.05, 0) is 12.1 Å². The molecule has 18 heavy (non-hydrogen) atoms. The van der Waals surface area contributed by atoms with Crippen LogP contribution < -0.4 is 16.6 Å². The molecule has 0 aliphatic rings. The Morgan fingerprint density at radius 3 is 2.83 bits per heavy atom. The normalized spacial score (nSPS) is 10.1. The van der Waals surface area contributed by atoms with Crippen LogP contribution in [0.15, 0.2) is 24.7 Å². The van der Waals surface area contributed by atoms with E-state index in [4.69, 9.17) is 5.84 Å². The Hall–Kier alpha value is -2.48. The Labute approximate surface area is 103 Å². The summed E-state index contributed by atoms with van der Waals surface area (Å²) >= 11 is 0. The van der Waals surface area contributed by atoms with Gasteiger partial charge in [0.15, 0.2) is 5.82 Å². The van der Waals surface area contributed by atoms with Crippen LogP contribution in [0.4, 0.5) is 5.82 Å². The molecule has 0 aliphatic heterocycles. The van der Waals surface area contributed by atoms with Crippen LogP contribution in [0.5, 0.6) is 0 Å². The van der Waals surface area contributed by atoms with E-state index in [-0.39, 0.29) is 12.5 Å². The van der Waals surface area contributed by atoms with Crippen molar-refractivity contribution in [3.05, 3.63) is 36.0 Å². The van der Waals surface area contributed by atoms with E-state index in [0.29, 0.717) is 17.2 Å². The van der Waals surface area contributed by atoms with Crippen molar-refractivity contribution in [2.45, 2.75) is 6.54 Å². The molecule has 8 heteroatoms. The lowest BCUT2D eigenvalue weighted by Crippen LogP contribution is -2.23. The molecule has 2 heterocycles. The molecule has 2 rings (SSSR count). The molecule has 0 radical (unpaired) electrons. The van der Waals surface area contributed by atoms with Crippen LogP contribution in [-0.2, 0) is 13.6 Å². The number of carbonyl (C=O) groups is 1. The van der Waals surface area contributed by atoms with Gasteiger partial charge in [-0.3, -0.25) is 9.48 Å². The number of rotatable bonds is 4. The first-order valence-corrected chi connectivity index (χ1v) is 5.24. The van der Waals surface area contributed by atoms with Gasteiger partial charge in [0.25, 0.3) is 5.91 Å². The zero-order valence-electron chi connectivity index (χ0n) is 9.79. The smallest absolute Gasteiger partial charge is 0.253 e. The van der Waals surface area contributed by atoms with E-state index in [1.54, 1.807) is 30.2 Å². The number of nitrogens with one attached hydrogen (secondary N) is 2. The van der Waals surface area contributed by atoms with Crippen LogP contribution in [0, 0.1) is 0 Å². The Kier molecular flexibility index (Phi) is 3.49. The number of amides is 1. The van der Waals surface area contributed by atoms with Crippen LogP contribution in [0.1, 0.15) is 16.2 Å². The first-order valence-electron chi connectivity index (χ1n) is 5.24. The SMILES string of the molecule is Cn1cnc(CNC(=O)c2ccc(NN)nc2)n1. The minimum Gasteiger partial charge on any atom is -0.345 e. The predicted octanol–water partition coefficient (Wildman–Crippen LogP) is -0.574. The van der Waals surface area contributed by atoms with Gasteiger partial charge in [0, 0.05) is 13.2 Å². The lowest BCUT2D eigenvalue weighted by Gasteiger charge is -2.03. The second-order valence-electron chi connectivity index (χ2n) is 3.59. The Morgan fingerprint density at radius 2 is 2.28 bits per heavy atom. The number of aromatic nitrogens is 4. The van der Waals surface area contributed by atoms with Gasteiger partial charge in [-0.25, -0.2) is 15.8 Å². The number of pyridine rings is 1. The highest BCUT2D eigenvalue weighted by Crippen LogP contribution is 2.03. The fourth-order valence-corrected chi connectivity index (χ4v) is 1.34. The third-order valence-corrected chi connectivity index (χ3v) is 2.23. The first kappa shape index (κ1) is 12.0. The van der Waals surface area contributed by atoms with Gasteiger partial charge in [0.1, 0.15) is 12.1 Å². The molecule has 0 saturated heterocycles. The van der Waals surface area contributed by atoms with Gasteiger partial charge in [0.05, 0.1) is 12.1 Å². The third kappa shape index (κ3) is 2.80. The summed E-state index contributed by atoms with van der Waals surface area (Å²) in [5.41, 5.74) is 2.84. The lowest BCUT2D eigenvalue weighted by atomic mass is 10.2. The van der Waals surface area contributed by atoms with Gasteiger partial charge >= 0.3 is 0 Å². The summed E-state index contributed by atoms with van der Waals surface area (Å²) in [5.74, 6) is 6.00. The van der Waals surface area contributed by atoms with Crippen molar-refractivity contribution in [1.82, 2.24) is 25.1 Å². The average Bonchev–Trinajstić information content (AvgIpc) is 2.82. The maximum Gasteiger partial charge on any atom is 0.253 e. The van der Waals surface area contributed by atoms with Gasteiger partial charge < -0.3 is 10.7 Å². The van der Waals surface area contributed by atoms with E-state index >= 15 is 0 Å². The van der Waals surface area contributed by atoms with Crippen molar-refractivity contribution < 1.29 is 4.79 Å². The highest BCUT2D eigenvalue weighted by molar-refractivity contribution is 5.93. The highest BCUT2D eigenvalue weighted by Gasteiger charge is 2.07. The molecule has 0 spiro atoms. The molecule has 2 aromatic rings. The summed E-state index contributed by atoms with van der Waals surface area (Å²) in [6.07, 6.45) is 3.02. The molecule has 2 aromatic heterocycles. The molecule has 0 bridgehead atoms. The number of hydrogen-bond acceptors (Lipinski definition) is 6. The highest BCUT2D eigenvalue weighted by atomic mass is 16.1. The number of carbonyl (C=O) groups excluding carboxylic acids is 1. The summed E-state index contributed by atoms with van der Waals surface area (Å²) in [7, 11) is 1.76. The van der Waals surface area contributed by atoms with Crippen molar-refractivity contribution in [2.75, 3.05) is 5.43 Å². The molecule has 0 unspecified atom stereocenters. The quantitative estimate of drug-likeness (QED) is 0.492. The fraction of sp³-hybridized carbons (Fsp3) is 0.200. The topological polar surface area (TPSA) is 111 Å². The maximum atomic E-state index is 11.8. The van der Waals surface area contributed by atoms with Crippen LogP contribution in [0.25, 0.3) is 0 Å². The van der Waals surface area contributed by atoms with Gasteiger partial charge in [-0.2, -0.15) is 5.10 Å². The average molecular weight is 247 g/mol. The molecule has 4 N–H and O–H groups in total. The summed E-state index contributed by atoms with van der Waals surface area (Å²) in [4.78, 5) is 19.7. The first-order chi connectivity index (χ1) is 8.69. The maximum absolute atomic E-state index is 11.8. The molecule has 0 aromatic carbocycles. The van der Waals surface area contributed by atoms with Crippen molar-refractivity contribution in [3.8, 4) is 0 Å². The summed E-state index contributed by atoms with van der Waals surface area (Å²) in [5, 5.41) is 6.75. The minimum absolute atomic E-state index is 0.237. The number of nitrogens with two attached hydrogens (primary N) is 1. The molecule has 94 valence electrons. The summed E-state index contributed by atoms with van der Waals surface area (Å²) in [6, 6.07) is 3.25. The van der Waals surface area contributed by atoms with Crippen LogP contribution in [0.3, 0.4) is 0 Å². The van der Waals surface area contributed by atoms with E-state index in [1.165, 1.54) is 6.20 Å². The molecular formula is C10H13N7O. The van der Waals surface area contributed by atoms with Crippen LogP contribution in [0.2, 0.25) is 0 Å². The van der Waals surface area contributed by atoms with E-state index < -0.39 is 0 Å². The second kappa shape index (κ2) is 5.23. The van der Waals surface area contributed by atoms with Gasteiger partial charge in [-0.15, -0.1) is 0 Å². The lowest BCUT2D eigenvalue weighted by molar-refractivity contribution is 0.0949. The number of anilines is 1. The second-order valence-corrected chi connectivity index (χ2v) is 3.59. The number of nitrogens with zero attached hydrogens (tertiary/aromatic N) is 4. The molecule has 1 amide bonds. The summed E-state index contributed by atoms with van der Waals surface area (Å²) < 4.78 is 1.57. The van der Waals surface area contributed by atoms with Crippen molar-refractivity contribution >= 4 is 11.7 Å². The molecule has 0 fully saturated rings. The monoisotopic (exact) mass is 247 g/mol. The van der Waals surface area contributed by atoms with Crippen molar-refractivity contribution in [1.29, 1.82) is 0 Å². The zero-order valence-corrected chi connectivity index (χ0v) is 9.79. The van der Waals surface area contributed by atoms with E-state index in [0.717, 1.165) is 0 Å². The van der Waals surface area contributed by atoms with E-state index in [1.807, 2.05) is 0 Å². The predicted molar refractivity (Wildman–Crippen MR) is 64.2 cm³/mol. The number of hydrazine groups is 1. The minimum atomic E-state index is -0.237. The molecule has 8 nitrogen and oxygen atoms in total. The molecule has 0 atom stereocenters. The zero-order chi connectivity index (χ0) is 13.0. The number of hydrogen-bond donors (Lipinski definition) is 3. The van der Waals surface area contributed by atoms with Crippen molar-refractivity contribution in [2.24, 2.45) is 12.9 Å². The molecule has 0 aliphatic carbocycles. The van der Waals surface area contributed by atoms with Crippen LogP contribution in [-0.4, -0.2) is 25.7 Å². The Morgan fingerprint density at radius 1 is 1.44 bits per heavy atom. The number of nitrogen functional groups attached to an aromatic ring is 1. The number of aryl methyl sites for hydroxylation is 1. The van der Waals surface area contributed by atoms with Gasteiger partial charge in [0.2, 0.25) is 0 Å². The molecule has 0 saturated carbocycles. The van der Waals surface area contributed by atoms with Crippen LogP contribution >= 0.6 is 0 Å². The van der Waals surface area contributed by atoms with E-state index in [9.17, 15) is 4.79 Å². The molecular weight excluding hydrogens is 234 g/mol. The summed E-state index contributed by atoms with van der Waals surface area (Å²) in [6.45, 7) is 0.274. The standard InChI is InChI=1S/C10H13N7O/c1-17-6-14-9(16-17)5-13-10(18)7-2-3-8(15-11)12-4-7/h2-4,6H,5,11H2,1H3,(H,12,15)(H,13,18).